The highest BCUT2D eigenvalue weighted by atomic mass is 16.2. The molecule has 1 aliphatic rings. The third-order valence-corrected chi connectivity index (χ3v) is 3.60. The molecule has 0 saturated carbocycles. The van der Waals surface area contributed by atoms with Crippen molar-refractivity contribution in [2.75, 3.05) is 0 Å². The van der Waals surface area contributed by atoms with Gasteiger partial charge in [0.05, 0.1) is 12.2 Å². The van der Waals surface area contributed by atoms with Crippen LogP contribution in [0.5, 0.6) is 0 Å². The lowest BCUT2D eigenvalue weighted by Gasteiger charge is -2.37. The first kappa shape index (κ1) is 14.6. The minimum absolute atomic E-state index is 0.0458. The number of hydrogen-bond acceptors (Lipinski definition) is 3. The van der Waals surface area contributed by atoms with Crippen LogP contribution in [0.3, 0.4) is 0 Å². The Morgan fingerprint density at radius 1 is 1.40 bits per heavy atom. The number of amides is 2. The van der Waals surface area contributed by atoms with E-state index in [1.165, 1.54) is 0 Å². The first-order valence-corrected chi connectivity index (χ1v) is 7.09. The molecule has 2 atom stereocenters. The molecule has 1 aromatic rings. The van der Waals surface area contributed by atoms with E-state index >= 15 is 0 Å². The van der Waals surface area contributed by atoms with Gasteiger partial charge in [0.15, 0.2) is 0 Å². The van der Waals surface area contributed by atoms with E-state index in [9.17, 15) is 9.59 Å². The van der Waals surface area contributed by atoms with Crippen molar-refractivity contribution in [3.05, 3.63) is 18.0 Å². The SMILES string of the molecule is CCC1C(=O)NC(C)C(=O)N1Cc1ccn(C(C)C)n1. The molecule has 2 heterocycles. The summed E-state index contributed by atoms with van der Waals surface area (Å²) < 4.78 is 1.86. The number of piperazine rings is 1. The highest BCUT2D eigenvalue weighted by Gasteiger charge is 2.37. The van der Waals surface area contributed by atoms with E-state index in [2.05, 4.69) is 10.4 Å². The molecule has 0 aromatic carbocycles. The van der Waals surface area contributed by atoms with E-state index in [0.717, 1.165) is 5.69 Å². The monoisotopic (exact) mass is 278 g/mol. The molecule has 1 saturated heterocycles. The second kappa shape index (κ2) is 5.64. The quantitative estimate of drug-likeness (QED) is 0.896. The maximum absolute atomic E-state index is 12.3. The van der Waals surface area contributed by atoms with Gasteiger partial charge in [-0.15, -0.1) is 0 Å². The van der Waals surface area contributed by atoms with Crippen molar-refractivity contribution in [1.29, 1.82) is 0 Å². The summed E-state index contributed by atoms with van der Waals surface area (Å²) in [6, 6.07) is 1.32. The van der Waals surface area contributed by atoms with Crippen LogP contribution in [0.4, 0.5) is 0 Å². The summed E-state index contributed by atoms with van der Waals surface area (Å²) in [6.07, 6.45) is 2.51. The summed E-state index contributed by atoms with van der Waals surface area (Å²) >= 11 is 0. The smallest absolute Gasteiger partial charge is 0.245 e. The molecule has 1 N–H and O–H groups in total. The average molecular weight is 278 g/mol. The topological polar surface area (TPSA) is 67.2 Å². The Balaban J connectivity index is 2.19. The van der Waals surface area contributed by atoms with Crippen molar-refractivity contribution in [3.8, 4) is 0 Å². The van der Waals surface area contributed by atoms with Crippen LogP contribution in [0, 0.1) is 0 Å². The van der Waals surface area contributed by atoms with Gasteiger partial charge < -0.3 is 10.2 Å². The van der Waals surface area contributed by atoms with Gasteiger partial charge in [0.1, 0.15) is 12.1 Å². The molecule has 2 rings (SSSR count). The molecule has 1 fully saturated rings. The fourth-order valence-electron chi connectivity index (χ4n) is 2.43. The van der Waals surface area contributed by atoms with Crippen molar-refractivity contribution in [3.63, 3.8) is 0 Å². The number of nitrogens with one attached hydrogen (secondary N) is 1. The van der Waals surface area contributed by atoms with Gasteiger partial charge in [0, 0.05) is 12.2 Å². The maximum atomic E-state index is 12.3. The number of carbonyl (C=O) groups excluding carboxylic acids is 2. The first-order valence-electron chi connectivity index (χ1n) is 7.09. The van der Waals surface area contributed by atoms with Gasteiger partial charge >= 0.3 is 0 Å². The molecule has 0 radical (unpaired) electrons. The molecule has 0 aliphatic carbocycles. The average Bonchev–Trinajstić information content (AvgIpc) is 2.84. The molecule has 110 valence electrons. The van der Waals surface area contributed by atoms with Gasteiger partial charge in [0.2, 0.25) is 11.8 Å². The minimum Gasteiger partial charge on any atom is -0.343 e. The fraction of sp³-hybridized carbons (Fsp3) is 0.643. The Bertz CT molecular complexity index is 509. The van der Waals surface area contributed by atoms with E-state index in [1.807, 2.05) is 37.7 Å². The Kier molecular flexibility index (Phi) is 4.11. The summed E-state index contributed by atoms with van der Waals surface area (Å²) in [5.41, 5.74) is 0.812. The van der Waals surface area contributed by atoms with Gasteiger partial charge in [0.25, 0.3) is 0 Å². The molecule has 2 unspecified atom stereocenters. The summed E-state index contributed by atoms with van der Waals surface area (Å²) in [5.74, 6) is -0.126. The third kappa shape index (κ3) is 2.69. The molecule has 0 bridgehead atoms. The van der Waals surface area contributed by atoms with Crippen LogP contribution >= 0.6 is 0 Å². The van der Waals surface area contributed by atoms with Gasteiger partial charge in [-0.1, -0.05) is 6.92 Å². The van der Waals surface area contributed by atoms with E-state index in [4.69, 9.17) is 0 Å². The molecule has 6 heteroatoms. The number of nitrogens with zero attached hydrogens (tertiary/aromatic N) is 3. The van der Waals surface area contributed by atoms with Crippen LogP contribution < -0.4 is 5.32 Å². The van der Waals surface area contributed by atoms with E-state index < -0.39 is 12.1 Å². The van der Waals surface area contributed by atoms with Crippen LogP contribution in [-0.2, 0) is 16.1 Å². The van der Waals surface area contributed by atoms with Crippen molar-refractivity contribution >= 4 is 11.8 Å². The fourth-order valence-corrected chi connectivity index (χ4v) is 2.43. The Hall–Kier alpha value is -1.85. The molecular weight excluding hydrogens is 256 g/mol. The molecule has 6 nitrogen and oxygen atoms in total. The zero-order chi connectivity index (χ0) is 14.9. The predicted molar refractivity (Wildman–Crippen MR) is 74.8 cm³/mol. The maximum Gasteiger partial charge on any atom is 0.245 e. The van der Waals surface area contributed by atoms with E-state index in [0.29, 0.717) is 13.0 Å². The zero-order valence-corrected chi connectivity index (χ0v) is 12.5. The molecule has 2 amide bonds. The summed E-state index contributed by atoms with van der Waals surface area (Å²) in [5, 5.41) is 7.16. The lowest BCUT2D eigenvalue weighted by molar-refractivity contribution is -0.149. The largest absolute Gasteiger partial charge is 0.343 e. The summed E-state index contributed by atoms with van der Waals surface area (Å²) in [6.45, 7) is 8.11. The Morgan fingerprint density at radius 2 is 2.10 bits per heavy atom. The Labute approximate surface area is 119 Å². The lowest BCUT2D eigenvalue weighted by Crippen LogP contribution is -2.61. The van der Waals surface area contributed by atoms with Crippen molar-refractivity contribution < 1.29 is 9.59 Å². The normalized spacial score (nSPS) is 23.4. The lowest BCUT2D eigenvalue weighted by atomic mass is 10.1. The number of hydrogen-bond donors (Lipinski definition) is 1. The first-order chi connectivity index (χ1) is 9.43. The standard InChI is InChI=1S/C14H22N4O2/c1-5-12-13(19)15-10(4)14(20)17(12)8-11-6-7-18(16-11)9(2)3/h6-7,9-10,12H,5,8H2,1-4H3,(H,15,19). The highest BCUT2D eigenvalue weighted by molar-refractivity contribution is 5.96. The van der Waals surface area contributed by atoms with Crippen molar-refractivity contribution in [2.45, 2.75) is 58.8 Å². The zero-order valence-electron chi connectivity index (χ0n) is 12.5. The molecular formula is C14H22N4O2. The van der Waals surface area contributed by atoms with E-state index in [1.54, 1.807) is 11.8 Å². The van der Waals surface area contributed by atoms with Gasteiger partial charge in [-0.2, -0.15) is 5.10 Å². The third-order valence-electron chi connectivity index (χ3n) is 3.60. The summed E-state index contributed by atoms with van der Waals surface area (Å²) in [4.78, 5) is 25.9. The summed E-state index contributed by atoms with van der Waals surface area (Å²) in [7, 11) is 0. The highest BCUT2D eigenvalue weighted by Crippen LogP contribution is 2.16. The van der Waals surface area contributed by atoms with Crippen LogP contribution in [0.1, 0.15) is 45.9 Å². The van der Waals surface area contributed by atoms with Crippen molar-refractivity contribution in [1.82, 2.24) is 20.0 Å². The second-order valence-corrected chi connectivity index (χ2v) is 5.50. The minimum atomic E-state index is -0.461. The number of carbonyl (C=O) groups is 2. The molecule has 20 heavy (non-hydrogen) atoms. The van der Waals surface area contributed by atoms with Crippen molar-refractivity contribution in [2.24, 2.45) is 0 Å². The van der Waals surface area contributed by atoms with Crippen LogP contribution in [0.2, 0.25) is 0 Å². The second-order valence-electron chi connectivity index (χ2n) is 5.50. The number of aromatic nitrogens is 2. The van der Waals surface area contributed by atoms with E-state index in [-0.39, 0.29) is 17.9 Å². The van der Waals surface area contributed by atoms with Gasteiger partial charge in [-0.3, -0.25) is 14.3 Å². The molecule has 1 aliphatic heterocycles. The number of rotatable bonds is 4. The van der Waals surface area contributed by atoms with Crippen LogP contribution in [0.15, 0.2) is 12.3 Å². The van der Waals surface area contributed by atoms with Crippen LogP contribution in [-0.4, -0.2) is 38.6 Å². The molecule has 0 spiro atoms. The molecule has 1 aromatic heterocycles. The Morgan fingerprint density at radius 3 is 2.65 bits per heavy atom. The predicted octanol–water partition coefficient (Wildman–Crippen LogP) is 1.09. The van der Waals surface area contributed by atoms with Crippen LogP contribution in [0.25, 0.3) is 0 Å². The van der Waals surface area contributed by atoms with Gasteiger partial charge in [-0.25, -0.2) is 0 Å². The van der Waals surface area contributed by atoms with Gasteiger partial charge in [-0.05, 0) is 33.3 Å².